The zero-order chi connectivity index (χ0) is 13.0. The molecule has 0 rings (SSSR count). The van der Waals surface area contributed by atoms with E-state index in [-0.39, 0.29) is 0 Å². The van der Waals surface area contributed by atoms with Crippen molar-refractivity contribution >= 4 is 0 Å². The highest BCUT2D eigenvalue weighted by atomic mass is 19.4. The van der Waals surface area contributed by atoms with Gasteiger partial charge in [-0.3, -0.25) is 0 Å². The number of rotatable bonds is 5. The molecule has 0 saturated heterocycles. The summed E-state index contributed by atoms with van der Waals surface area (Å²) < 4.78 is 100. The maximum absolute atomic E-state index is 12.1. The van der Waals surface area contributed by atoms with Crippen molar-refractivity contribution in [3.05, 3.63) is 0 Å². The van der Waals surface area contributed by atoms with Crippen LogP contribution in [0.3, 0.4) is 0 Å². The van der Waals surface area contributed by atoms with Crippen LogP contribution in [0, 0.1) is 0 Å². The van der Waals surface area contributed by atoms with Crippen molar-refractivity contribution in [3.63, 3.8) is 0 Å². The first-order chi connectivity index (χ1) is 6.96. The molecule has 0 saturated carbocycles. The molecule has 0 aromatic heterocycles. The van der Waals surface area contributed by atoms with Crippen LogP contribution in [0.4, 0.5) is 35.1 Å². The third-order valence-electron chi connectivity index (χ3n) is 1.13. The maximum Gasteiger partial charge on any atom is 0.455 e. The van der Waals surface area contributed by atoms with Crippen LogP contribution in [-0.2, 0) is 9.47 Å². The van der Waals surface area contributed by atoms with E-state index < -0.39 is 38.3 Å². The van der Waals surface area contributed by atoms with Gasteiger partial charge in [0.1, 0.15) is 20.0 Å². The summed E-state index contributed by atoms with van der Waals surface area (Å²) in [5.41, 5.74) is 0. The number of hydrogen-bond acceptors (Lipinski definition) is 2. The van der Waals surface area contributed by atoms with Gasteiger partial charge in [0.05, 0.1) is 0 Å². The van der Waals surface area contributed by atoms with Crippen LogP contribution in [0.2, 0.25) is 0 Å². The number of ether oxygens (including phenoxy) is 2. The highest BCUT2D eigenvalue weighted by Crippen LogP contribution is 2.35. The minimum atomic E-state index is -5.81. The topological polar surface area (TPSA) is 18.5 Å². The van der Waals surface area contributed by atoms with Crippen LogP contribution in [0.5, 0.6) is 0 Å². The molecule has 0 aliphatic heterocycles. The number of hydrogen-bond donors (Lipinski definition) is 0. The Morgan fingerprint density at radius 1 is 0.688 bits per heavy atom. The second kappa shape index (κ2) is 5.13. The Labute approximate surface area is 84.1 Å². The second-order valence-electron chi connectivity index (χ2n) is 2.63. The van der Waals surface area contributed by atoms with Gasteiger partial charge in [0.15, 0.2) is 0 Å². The molecule has 0 N–H and O–H groups in total. The fraction of sp³-hybridized carbons (Fsp3) is 1.00. The van der Waals surface area contributed by atoms with Gasteiger partial charge in [0.25, 0.3) is 0 Å². The van der Waals surface area contributed by atoms with E-state index in [2.05, 4.69) is 9.47 Å². The fourth-order valence-electron chi connectivity index (χ4n) is 0.468. The van der Waals surface area contributed by atoms with Gasteiger partial charge in [-0.1, -0.05) is 0 Å². The van der Waals surface area contributed by atoms with Gasteiger partial charge in [0, 0.05) is 0 Å². The monoisotopic (exact) mass is 262 g/mol. The molecule has 0 fully saturated rings. The molecular weight excluding hydrogens is 256 g/mol. The van der Waals surface area contributed by atoms with Crippen LogP contribution in [0.15, 0.2) is 0 Å². The van der Waals surface area contributed by atoms with Crippen molar-refractivity contribution in [2.45, 2.75) is 18.3 Å². The summed E-state index contributed by atoms with van der Waals surface area (Å²) in [4.78, 5) is 0. The van der Waals surface area contributed by atoms with Crippen molar-refractivity contribution in [1.82, 2.24) is 0 Å². The Hall–Kier alpha value is -0.640. The first-order valence-corrected chi connectivity index (χ1v) is 3.62. The summed E-state index contributed by atoms with van der Waals surface area (Å²) in [6.07, 6.45) is -10.5. The highest BCUT2D eigenvalue weighted by Gasteiger charge is 2.57. The lowest BCUT2D eigenvalue weighted by Gasteiger charge is -2.19. The first kappa shape index (κ1) is 15.4. The molecular formula is C6H6F8O2. The average molecular weight is 262 g/mol. The normalized spacial score (nSPS) is 14.2. The molecule has 98 valence electrons. The van der Waals surface area contributed by atoms with Crippen molar-refractivity contribution in [2.75, 3.05) is 20.0 Å². The van der Waals surface area contributed by atoms with Gasteiger partial charge >= 0.3 is 18.3 Å². The largest absolute Gasteiger partial charge is 0.455 e. The minimum absolute atomic E-state index is 1.30. The molecule has 0 aliphatic rings. The van der Waals surface area contributed by atoms with Crippen LogP contribution in [0.25, 0.3) is 0 Å². The van der Waals surface area contributed by atoms with Crippen molar-refractivity contribution in [3.8, 4) is 0 Å². The predicted molar refractivity (Wildman–Crippen MR) is 33.8 cm³/mol. The van der Waals surface area contributed by atoms with Gasteiger partial charge < -0.3 is 9.47 Å². The molecule has 0 aromatic carbocycles. The van der Waals surface area contributed by atoms with E-state index in [0.717, 1.165) is 0 Å². The Bertz CT molecular complexity index is 208. The second-order valence-corrected chi connectivity index (χ2v) is 2.63. The summed E-state index contributed by atoms with van der Waals surface area (Å²) in [6, 6.07) is 0. The van der Waals surface area contributed by atoms with E-state index >= 15 is 0 Å². The zero-order valence-corrected chi connectivity index (χ0v) is 7.46. The number of alkyl halides is 8. The smallest absolute Gasteiger partial charge is 0.349 e. The Morgan fingerprint density at radius 3 is 1.50 bits per heavy atom. The van der Waals surface area contributed by atoms with Crippen LogP contribution in [-0.4, -0.2) is 38.3 Å². The summed E-state index contributed by atoms with van der Waals surface area (Å²) in [7, 11) is 0. The molecule has 0 bridgehead atoms. The lowest BCUT2D eigenvalue weighted by atomic mass is 10.3. The van der Waals surface area contributed by atoms with E-state index in [1.165, 1.54) is 0 Å². The lowest BCUT2D eigenvalue weighted by molar-refractivity contribution is -0.304. The highest BCUT2D eigenvalue weighted by molar-refractivity contribution is 4.74. The van der Waals surface area contributed by atoms with Crippen molar-refractivity contribution in [2.24, 2.45) is 0 Å². The Balaban J connectivity index is 3.75. The van der Waals surface area contributed by atoms with Gasteiger partial charge in [-0.2, -0.15) is 35.1 Å². The molecule has 0 amide bonds. The van der Waals surface area contributed by atoms with E-state index in [1.807, 2.05) is 0 Å². The molecule has 16 heavy (non-hydrogen) atoms. The summed E-state index contributed by atoms with van der Waals surface area (Å²) >= 11 is 0. The average Bonchev–Trinajstić information content (AvgIpc) is 1.98. The molecule has 10 heteroatoms. The van der Waals surface area contributed by atoms with E-state index in [0.29, 0.717) is 0 Å². The predicted octanol–water partition coefficient (Wildman–Crippen LogP) is 2.74. The van der Waals surface area contributed by atoms with Crippen LogP contribution >= 0.6 is 0 Å². The van der Waals surface area contributed by atoms with E-state index in [4.69, 9.17) is 0 Å². The minimum Gasteiger partial charge on any atom is -0.349 e. The molecule has 0 radical (unpaired) electrons. The van der Waals surface area contributed by atoms with E-state index in [9.17, 15) is 35.1 Å². The summed E-state index contributed by atoms with van der Waals surface area (Å²) in [5, 5.41) is 0. The van der Waals surface area contributed by atoms with Crippen molar-refractivity contribution < 1.29 is 44.6 Å². The molecule has 0 aromatic rings. The molecule has 0 aliphatic carbocycles. The standard InChI is InChI=1S/C6H6F8O2/c7-4(8,6(12,13)14)1-15-3-16-2-5(9,10)11/h1-3H2. The van der Waals surface area contributed by atoms with Gasteiger partial charge in [-0.25, -0.2) is 0 Å². The SMILES string of the molecule is FC(F)(F)COCOCC(F)(F)C(F)(F)F. The molecule has 0 atom stereocenters. The molecule has 0 unspecified atom stereocenters. The van der Waals surface area contributed by atoms with Crippen LogP contribution < -0.4 is 0 Å². The third-order valence-corrected chi connectivity index (χ3v) is 1.13. The summed E-state index contributed by atoms with van der Waals surface area (Å²) in [6.45, 7) is -5.18. The van der Waals surface area contributed by atoms with Crippen molar-refractivity contribution in [1.29, 1.82) is 0 Å². The molecule has 0 spiro atoms. The van der Waals surface area contributed by atoms with Crippen LogP contribution in [0.1, 0.15) is 0 Å². The number of halogens is 8. The zero-order valence-electron chi connectivity index (χ0n) is 7.46. The molecule has 0 heterocycles. The quantitative estimate of drug-likeness (QED) is 0.431. The third kappa shape index (κ3) is 6.05. The summed E-state index contributed by atoms with van der Waals surface area (Å²) in [5.74, 6) is -5.12. The van der Waals surface area contributed by atoms with Gasteiger partial charge in [-0.15, -0.1) is 0 Å². The fourth-order valence-corrected chi connectivity index (χ4v) is 0.468. The first-order valence-electron chi connectivity index (χ1n) is 3.62. The van der Waals surface area contributed by atoms with Gasteiger partial charge in [0.2, 0.25) is 0 Å². The Kier molecular flexibility index (Phi) is 4.92. The molecule has 2 nitrogen and oxygen atoms in total. The lowest BCUT2D eigenvalue weighted by Crippen LogP contribution is -2.41. The maximum atomic E-state index is 12.1. The Morgan fingerprint density at radius 2 is 1.12 bits per heavy atom. The van der Waals surface area contributed by atoms with Gasteiger partial charge in [-0.05, 0) is 0 Å². The van der Waals surface area contributed by atoms with E-state index in [1.54, 1.807) is 0 Å².